The molecule has 0 aromatic rings. The second-order valence-corrected chi connectivity index (χ2v) is 4.64. The number of rotatable bonds is 6. The molecule has 80 valence electrons. The van der Waals surface area contributed by atoms with Crippen LogP contribution >= 0.6 is 0 Å². The quantitative estimate of drug-likeness (QED) is 0.694. The maximum Gasteiger partial charge on any atom is 0.0648 e. The molecule has 2 heteroatoms. The van der Waals surface area contributed by atoms with Crippen LogP contribution in [-0.4, -0.2) is 24.4 Å². The summed E-state index contributed by atoms with van der Waals surface area (Å²) in [7, 11) is 1.70. The maximum atomic E-state index is 10.1. The summed E-state index contributed by atoms with van der Waals surface area (Å²) in [5.41, 5.74) is -0.549. The summed E-state index contributed by atoms with van der Waals surface area (Å²) in [5.74, 6) is 0.842. The van der Waals surface area contributed by atoms with Gasteiger partial charge in [-0.25, -0.2) is 0 Å². The molecule has 2 unspecified atom stereocenters. The molecule has 1 N–H and O–H groups in total. The molecule has 0 aromatic heterocycles. The third kappa shape index (κ3) is 5.27. The Kier molecular flexibility index (Phi) is 5.57. The van der Waals surface area contributed by atoms with Crippen LogP contribution in [0.15, 0.2) is 0 Å². The Labute approximate surface area is 82.3 Å². The van der Waals surface area contributed by atoms with E-state index < -0.39 is 5.60 Å². The fourth-order valence-corrected chi connectivity index (χ4v) is 1.63. The third-order valence-corrected chi connectivity index (χ3v) is 2.64. The van der Waals surface area contributed by atoms with Crippen molar-refractivity contribution in [2.24, 2.45) is 11.8 Å². The van der Waals surface area contributed by atoms with Crippen LogP contribution in [-0.2, 0) is 4.74 Å². The minimum Gasteiger partial charge on any atom is -0.390 e. The van der Waals surface area contributed by atoms with Gasteiger partial charge >= 0.3 is 0 Å². The Hall–Kier alpha value is -0.0800. The van der Waals surface area contributed by atoms with Crippen molar-refractivity contribution in [1.82, 2.24) is 0 Å². The summed E-state index contributed by atoms with van der Waals surface area (Å²) in [6.07, 6.45) is 1.79. The van der Waals surface area contributed by atoms with Crippen LogP contribution in [0.2, 0.25) is 0 Å². The number of ether oxygens (including phenoxy) is 1. The highest BCUT2D eigenvalue weighted by Crippen LogP contribution is 2.27. The standard InChI is InChI=1S/C11H24O2/c1-9(2)8-11(4,12)10(3)6-7-13-5/h9-10,12H,6-8H2,1-5H3. The molecule has 0 saturated carbocycles. The van der Waals surface area contributed by atoms with Crippen molar-refractivity contribution >= 4 is 0 Å². The molecule has 13 heavy (non-hydrogen) atoms. The lowest BCUT2D eigenvalue weighted by Crippen LogP contribution is -2.34. The van der Waals surface area contributed by atoms with Gasteiger partial charge in [0.1, 0.15) is 0 Å². The monoisotopic (exact) mass is 188 g/mol. The lowest BCUT2D eigenvalue weighted by molar-refractivity contribution is -0.0225. The molecule has 0 aromatic carbocycles. The number of hydrogen-bond acceptors (Lipinski definition) is 2. The van der Waals surface area contributed by atoms with E-state index in [9.17, 15) is 5.11 Å². The highest BCUT2D eigenvalue weighted by atomic mass is 16.5. The molecular weight excluding hydrogens is 164 g/mol. The van der Waals surface area contributed by atoms with Crippen molar-refractivity contribution in [3.05, 3.63) is 0 Å². The van der Waals surface area contributed by atoms with E-state index >= 15 is 0 Å². The van der Waals surface area contributed by atoms with Gasteiger partial charge in [-0.1, -0.05) is 20.8 Å². The van der Waals surface area contributed by atoms with Gasteiger partial charge in [0.05, 0.1) is 5.60 Å². The van der Waals surface area contributed by atoms with Gasteiger partial charge in [-0.05, 0) is 31.6 Å². The van der Waals surface area contributed by atoms with Gasteiger partial charge in [0.15, 0.2) is 0 Å². The summed E-state index contributed by atoms with van der Waals surface area (Å²) in [4.78, 5) is 0. The SMILES string of the molecule is COCCC(C)C(C)(O)CC(C)C. The van der Waals surface area contributed by atoms with E-state index in [0.29, 0.717) is 11.8 Å². The molecule has 0 aliphatic heterocycles. The number of aliphatic hydroxyl groups is 1. The van der Waals surface area contributed by atoms with Crippen LogP contribution in [0.3, 0.4) is 0 Å². The van der Waals surface area contributed by atoms with Crippen molar-refractivity contribution in [3.63, 3.8) is 0 Å². The van der Waals surface area contributed by atoms with Crippen LogP contribution in [0.4, 0.5) is 0 Å². The largest absolute Gasteiger partial charge is 0.390 e. The fourth-order valence-electron chi connectivity index (χ4n) is 1.63. The van der Waals surface area contributed by atoms with Crippen LogP contribution in [0.5, 0.6) is 0 Å². The van der Waals surface area contributed by atoms with Crippen molar-refractivity contribution in [1.29, 1.82) is 0 Å². The summed E-state index contributed by atoms with van der Waals surface area (Å²) in [6.45, 7) is 9.01. The zero-order chi connectivity index (χ0) is 10.5. The summed E-state index contributed by atoms with van der Waals surface area (Å²) in [6, 6.07) is 0. The van der Waals surface area contributed by atoms with E-state index in [4.69, 9.17) is 4.74 Å². The molecule has 0 rings (SSSR count). The van der Waals surface area contributed by atoms with Crippen molar-refractivity contribution in [2.45, 2.75) is 46.1 Å². The van der Waals surface area contributed by atoms with Crippen molar-refractivity contribution in [2.75, 3.05) is 13.7 Å². The molecule has 0 heterocycles. The predicted molar refractivity (Wildman–Crippen MR) is 55.7 cm³/mol. The fraction of sp³-hybridized carbons (Fsp3) is 1.00. The van der Waals surface area contributed by atoms with Gasteiger partial charge < -0.3 is 9.84 Å². The molecule has 2 atom stereocenters. The van der Waals surface area contributed by atoms with Crippen LogP contribution in [0.1, 0.15) is 40.5 Å². The Morgan fingerprint density at radius 2 is 1.85 bits per heavy atom. The zero-order valence-corrected chi connectivity index (χ0v) is 9.63. The van der Waals surface area contributed by atoms with Crippen LogP contribution in [0.25, 0.3) is 0 Å². The first-order chi connectivity index (χ1) is 5.90. The molecular formula is C11H24O2. The Bertz CT molecular complexity index is 130. The lowest BCUT2D eigenvalue weighted by Gasteiger charge is -2.31. The van der Waals surface area contributed by atoms with E-state index in [-0.39, 0.29) is 0 Å². The molecule has 0 amide bonds. The van der Waals surface area contributed by atoms with Gasteiger partial charge in [0.25, 0.3) is 0 Å². The van der Waals surface area contributed by atoms with E-state index in [2.05, 4.69) is 20.8 Å². The Balaban J connectivity index is 3.94. The van der Waals surface area contributed by atoms with E-state index in [1.54, 1.807) is 7.11 Å². The molecule has 0 bridgehead atoms. The van der Waals surface area contributed by atoms with E-state index in [0.717, 1.165) is 19.4 Å². The first-order valence-electron chi connectivity index (χ1n) is 5.11. The average Bonchev–Trinajstić information content (AvgIpc) is 1.97. The second-order valence-electron chi connectivity index (χ2n) is 4.64. The topological polar surface area (TPSA) is 29.5 Å². The van der Waals surface area contributed by atoms with E-state index in [1.165, 1.54) is 0 Å². The minimum absolute atomic E-state index is 0.301. The average molecular weight is 188 g/mol. The van der Waals surface area contributed by atoms with E-state index in [1.807, 2.05) is 6.92 Å². The number of methoxy groups -OCH3 is 1. The van der Waals surface area contributed by atoms with Crippen molar-refractivity contribution < 1.29 is 9.84 Å². The van der Waals surface area contributed by atoms with Crippen molar-refractivity contribution in [3.8, 4) is 0 Å². The minimum atomic E-state index is -0.549. The van der Waals surface area contributed by atoms with Gasteiger partial charge in [0, 0.05) is 13.7 Å². The molecule has 0 radical (unpaired) electrons. The smallest absolute Gasteiger partial charge is 0.0648 e. The zero-order valence-electron chi connectivity index (χ0n) is 9.63. The molecule has 0 saturated heterocycles. The summed E-state index contributed by atoms with van der Waals surface area (Å²) >= 11 is 0. The van der Waals surface area contributed by atoms with Crippen LogP contribution in [0, 0.1) is 11.8 Å². The first kappa shape index (κ1) is 12.9. The Morgan fingerprint density at radius 1 is 1.31 bits per heavy atom. The molecule has 0 aliphatic carbocycles. The maximum absolute atomic E-state index is 10.1. The molecule has 0 aliphatic rings. The highest BCUT2D eigenvalue weighted by molar-refractivity contribution is 4.80. The van der Waals surface area contributed by atoms with Crippen LogP contribution < -0.4 is 0 Å². The normalized spacial score (nSPS) is 18.7. The highest BCUT2D eigenvalue weighted by Gasteiger charge is 2.28. The summed E-state index contributed by atoms with van der Waals surface area (Å²) < 4.78 is 5.00. The number of hydrogen-bond donors (Lipinski definition) is 1. The van der Waals surface area contributed by atoms with Gasteiger partial charge in [-0.3, -0.25) is 0 Å². The summed E-state index contributed by atoms with van der Waals surface area (Å²) in [5, 5.41) is 10.1. The Morgan fingerprint density at radius 3 is 2.23 bits per heavy atom. The molecule has 2 nitrogen and oxygen atoms in total. The molecule has 0 spiro atoms. The van der Waals surface area contributed by atoms with Gasteiger partial charge in [-0.15, -0.1) is 0 Å². The van der Waals surface area contributed by atoms with Gasteiger partial charge in [0.2, 0.25) is 0 Å². The predicted octanol–water partition coefficient (Wildman–Crippen LogP) is 2.46. The first-order valence-corrected chi connectivity index (χ1v) is 5.11. The second kappa shape index (κ2) is 5.61. The molecule has 0 fully saturated rings. The van der Waals surface area contributed by atoms with Gasteiger partial charge in [-0.2, -0.15) is 0 Å². The third-order valence-electron chi connectivity index (χ3n) is 2.64. The lowest BCUT2D eigenvalue weighted by atomic mass is 9.82.